The number of nitrogens with zero attached hydrogens (tertiary/aromatic N) is 1. The zero-order valence-corrected chi connectivity index (χ0v) is 8.68. The van der Waals surface area contributed by atoms with Crippen molar-refractivity contribution >= 4 is 5.91 Å². The van der Waals surface area contributed by atoms with E-state index >= 15 is 0 Å². The molecule has 1 unspecified atom stereocenters. The van der Waals surface area contributed by atoms with Crippen LogP contribution in [0.3, 0.4) is 0 Å². The molecule has 0 radical (unpaired) electrons. The molecule has 74 valence electrons. The van der Waals surface area contributed by atoms with Crippen LogP contribution in [0.5, 0.6) is 0 Å². The normalized spacial score (nSPS) is 28.6. The summed E-state index contributed by atoms with van der Waals surface area (Å²) in [6, 6.07) is 0. The molecule has 1 heterocycles. The van der Waals surface area contributed by atoms with E-state index in [1.807, 2.05) is 4.90 Å². The van der Waals surface area contributed by atoms with Crippen molar-refractivity contribution in [3.05, 3.63) is 12.7 Å². The van der Waals surface area contributed by atoms with Gasteiger partial charge in [0, 0.05) is 12.1 Å². The fraction of sp³-hybridized carbons (Fsp3) is 0.727. The largest absolute Gasteiger partial charge is 0.334 e. The Labute approximate surface area is 80.6 Å². The first-order valence-electron chi connectivity index (χ1n) is 5.08. The minimum atomic E-state index is 0.0729. The molecule has 0 N–H and O–H groups in total. The van der Waals surface area contributed by atoms with Crippen LogP contribution < -0.4 is 0 Å². The van der Waals surface area contributed by atoms with Crippen LogP contribution in [0.4, 0.5) is 0 Å². The molecular formula is C11H19NO. The van der Waals surface area contributed by atoms with E-state index in [0.717, 1.165) is 25.8 Å². The van der Waals surface area contributed by atoms with E-state index in [1.165, 1.54) is 12.5 Å². The first-order chi connectivity index (χ1) is 6.14. The molecule has 2 nitrogen and oxygen atoms in total. The molecule has 1 aliphatic heterocycles. The van der Waals surface area contributed by atoms with Crippen molar-refractivity contribution < 1.29 is 4.79 Å². The topological polar surface area (TPSA) is 20.3 Å². The van der Waals surface area contributed by atoms with Gasteiger partial charge < -0.3 is 4.90 Å². The minimum Gasteiger partial charge on any atom is -0.334 e. The number of rotatable bonds is 2. The molecule has 0 aromatic heterocycles. The Morgan fingerprint density at radius 3 is 2.85 bits per heavy atom. The van der Waals surface area contributed by atoms with Gasteiger partial charge >= 0.3 is 0 Å². The molecule has 1 amide bonds. The predicted octanol–water partition coefficient (Wildman–Crippen LogP) is 2.35. The van der Waals surface area contributed by atoms with Crippen molar-refractivity contribution in [2.75, 3.05) is 6.54 Å². The molecule has 0 bridgehead atoms. The van der Waals surface area contributed by atoms with E-state index in [4.69, 9.17) is 0 Å². The Balaban J connectivity index is 2.78. The van der Waals surface area contributed by atoms with Gasteiger partial charge in [-0.2, -0.15) is 0 Å². The highest BCUT2D eigenvalue weighted by atomic mass is 16.2. The van der Waals surface area contributed by atoms with Gasteiger partial charge in [0.2, 0.25) is 5.91 Å². The minimum absolute atomic E-state index is 0.0729. The highest BCUT2D eigenvalue weighted by Gasteiger charge is 2.34. The third-order valence-electron chi connectivity index (χ3n) is 3.20. The van der Waals surface area contributed by atoms with E-state index < -0.39 is 0 Å². The lowest BCUT2D eigenvalue weighted by Gasteiger charge is -2.44. The van der Waals surface area contributed by atoms with Gasteiger partial charge in [0.1, 0.15) is 0 Å². The van der Waals surface area contributed by atoms with Crippen molar-refractivity contribution in [1.82, 2.24) is 4.90 Å². The van der Waals surface area contributed by atoms with Crippen LogP contribution >= 0.6 is 0 Å². The van der Waals surface area contributed by atoms with Crippen LogP contribution in [0.1, 0.15) is 39.5 Å². The summed E-state index contributed by atoms with van der Waals surface area (Å²) in [6.07, 6.45) is 5.97. The Bertz CT molecular complexity index is 212. The van der Waals surface area contributed by atoms with Gasteiger partial charge in [-0.1, -0.05) is 13.5 Å². The average molecular weight is 181 g/mol. The summed E-state index contributed by atoms with van der Waals surface area (Å²) >= 11 is 0. The lowest BCUT2D eigenvalue weighted by atomic mass is 9.86. The van der Waals surface area contributed by atoms with Gasteiger partial charge in [-0.05, 0) is 38.7 Å². The summed E-state index contributed by atoms with van der Waals surface area (Å²) in [5.74, 6) is 0.0871. The zero-order chi connectivity index (χ0) is 9.90. The molecule has 13 heavy (non-hydrogen) atoms. The summed E-state index contributed by atoms with van der Waals surface area (Å²) in [7, 11) is 0. The van der Waals surface area contributed by atoms with Gasteiger partial charge in [-0.25, -0.2) is 0 Å². The van der Waals surface area contributed by atoms with Crippen molar-refractivity contribution in [3.63, 3.8) is 0 Å². The summed E-state index contributed by atoms with van der Waals surface area (Å²) in [4.78, 5) is 13.5. The quantitative estimate of drug-likeness (QED) is 0.599. The second-order valence-corrected chi connectivity index (χ2v) is 4.00. The first kappa shape index (κ1) is 10.3. The first-order valence-corrected chi connectivity index (χ1v) is 5.08. The number of carbonyl (C=O) groups is 1. The third kappa shape index (κ3) is 1.93. The summed E-state index contributed by atoms with van der Waals surface area (Å²) in [6.45, 7) is 8.76. The van der Waals surface area contributed by atoms with Crippen molar-refractivity contribution in [2.45, 2.75) is 45.1 Å². The van der Waals surface area contributed by atoms with Crippen LogP contribution in [-0.4, -0.2) is 22.9 Å². The Hall–Kier alpha value is -0.790. The standard InChI is InChI=1S/C11H19NO/c1-4-10(13)12-9-7-6-8-11(12,3)5-2/h4H,1,5-9H2,2-3H3. The van der Waals surface area contributed by atoms with Crippen LogP contribution in [-0.2, 0) is 4.79 Å². The van der Waals surface area contributed by atoms with Crippen LogP contribution in [0.25, 0.3) is 0 Å². The van der Waals surface area contributed by atoms with Gasteiger partial charge in [0.15, 0.2) is 0 Å². The fourth-order valence-corrected chi connectivity index (χ4v) is 2.03. The Morgan fingerprint density at radius 1 is 1.62 bits per heavy atom. The number of likely N-dealkylation sites (tertiary alicyclic amines) is 1. The zero-order valence-electron chi connectivity index (χ0n) is 8.68. The molecular weight excluding hydrogens is 162 g/mol. The van der Waals surface area contributed by atoms with Gasteiger partial charge in [-0.3, -0.25) is 4.79 Å². The van der Waals surface area contributed by atoms with Gasteiger partial charge in [0.25, 0.3) is 0 Å². The lowest BCUT2D eigenvalue weighted by Crippen LogP contribution is -2.51. The highest BCUT2D eigenvalue weighted by Crippen LogP contribution is 2.30. The predicted molar refractivity (Wildman–Crippen MR) is 54.5 cm³/mol. The van der Waals surface area contributed by atoms with E-state index in [-0.39, 0.29) is 11.4 Å². The maximum atomic E-state index is 11.5. The number of amides is 1. The van der Waals surface area contributed by atoms with E-state index in [0.29, 0.717) is 0 Å². The second kappa shape index (κ2) is 3.95. The van der Waals surface area contributed by atoms with Crippen molar-refractivity contribution in [1.29, 1.82) is 0 Å². The van der Waals surface area contributed by atoms with Crippen molar-refractivity contribution in [2.24, 2.45) is 0 Å². The lowest BCUT2D eigenvalue weighted by molar-refractivity contribution is -0.133. The molecule has 1 saturated heterocycles. The Morgan fingerprint density at radius 2 is 2.31 bits per heavy atom. The monoisotopic (exact) mass is 181 g/mol. The molecule has 0 saturated carbocycles. The third-order valence-corrected chi connectivity index (χ3v) is 3.20. The molecule has 1 fully saturated rings. The molecule has 1 atom stereocenters. The molecule has 0 spiro atoms. The van der Waals surface area contributed by atoms with E-state index in [1.54, 1.807) is 0 Å². The molecule has 2 heteroatoms. The summed E-state index contributed by atoms with van der Waals surface area (Å²) < 4.78 is 0. The maximum absolute atomic E-state index is 11.5. The summed E-state index contributed by atoms with van der Waals surface area (Å²) in [5, 5.41) is 0. The fourth-order valence-electron chi connectivity index (χ4n) is 2.03. The molecule has 1 rings (SSSR count). The smallest absolute Gasteiger partial charge is 0.246 e. The second-order valence-electron chi connectivity index (χ2n) is 4.00. The van der Waals surface area contributed by atoms with Crippen LogP contribution in [0, 0.1) is 0 Å². The SMILES string of the molecule is C=CC(=O)N1CCCCC1(C)CC. The van der Waals surface area contributed by atoms with Gasteiger partial charge in [0.05, 0.1) is 0 Å². The number of piperidine rings is 1. The Kier molecular flexibility index (Phi) is 3.12. The van der Waals surface area contributed by atoms with Crippen LogP contribution in [0.2, 0.25) is 0 Å². The molecule has 0 aromatic carbocycles. The highest BCUT2D eigenvalue weighted by molar-refractivity contribution is 5.87. The maximum Gasteiger partial charge on any atom is 0.246 e. The number of hydrogen-bond acceptors (Lipinski definition) is 1. The van der Waals surface area contributed by atoms with Gasteiger partial charge in [-0.15, -0.1) is 0 Å². The van der Waals surface area contributed by atoms with Crippen LogP contribution in [0.15, 0.2) is 12.7 Å². The van der Waals surface area contributed by atoms with E-state index in [9.17, 15) is 4.79 Å². The number of carbonyl (C=O) groups excluding carboxylic acids is 1. The average Bonchev–Trinajstić information content (AvgIpc) is 2.17. The number of hydrogen-bond donors (Lipinski definition) is 0. The molecule has 0 aromatic rings. The van der Waals surface area contributed by atoms with E-state index in [2.05, 4.69) is 20.4 Å². The summed E-state index contributed by atoms with van der Waals surface area (Å²) in [5.41, 5.74) is 0.0729. The molecule has 1 aliphatic rings. The van der Waals surface area contributed by atoms with Crippen molar-refractivity contribution in [3.8, 4) is 0 Å². The molecule has 0 aliphatic carbocycles.